The highest BCUT2D eigenvalue weighted by Crippen LogP contribution is 2.37. The average molecular weight is 328 g/mol. The van der Waals surface area contributed by atoms with Crippen molar-refractivity contribution in [3.05, 3.63) is 29.3 Å². The molecule has 2 aliphatic heterocycles. The van der Waals surface area contributed by atoms with Crippen LogP contribution in [-0.4, -0.2) is 45.3 Å². The second-order valence-electron chi connectivity index (χ2n) is 4.90. The topological polar surface area (TPSA) is 106 Å². The van der Waals surface area contributed by atoms with Crippen LogP contribution in [0, 0.1) is 0 Å². The van der Waals surface area contributed by atoms with E-state index < -0.39 is 22.8 Å². The Kier molecular flexibility index (Phi) is 4.04. The Balaban J connectivity index is 2.00. The largest absolute Gasteiger partial charge is 0.496 e. The van der Waals surface area contributed by atoms with Gasteiger partial charge in [-0.25, -0.2) is 4.18 Å². The number of nitrogens with one attached hydrogen (secondary N) is 1. The first kappa shape index (κ1) is 15.2. The van der Waals surface area contributed by atoms with E-state index in [0.29, 0.717) is 24.7 Å². The highest BCUT2D eigenvalue weighted by atomic mass is 32.3. The molecular formula is C13H16N2O6S. The lowest BCUT2D eigenvalue weighted by Gasteiger charge is -2.32. The minimum absolute atomic E-state index is 0.142. The Morgan fingerprint density at radius 3 is 2.91 bits per heavy atom. The van der Waals surface area contributed by atoms with Crippen LogP contribution in [0.4, 0.5) is 0 Å². The summed E-state index contributed by atoms with van der Waals surface area (Å²) in [5.41, 5.74) is 1.61. The van der Waals surface area contributed by atoms with Crippen LogP contribution in [0.5, 0.6) is 5.75 Å². The molecule has 2 aliphatic rings. The first-order valence-electron chi connectivity index (χ1n) is 6.73. The van der Waals surface area contributed by atoms with E-state index in [1.54, 1.807) is 6.07 Å². The van der Waals surface area contributed by atoms with Gasteiger partial charge in [0.25, 0.3) is 0 Å². The minimum Gasteiger partial charge on any atom is -0.496 e. The summed E-state index contributed by atoms with van der Waals surface area (Å²) >= 11 is 0. The van der Waals surface area contributed by atoms with Gasteiger partial charge in [0.15, 0.2) is 6.29 Å². The number of rotatable bonds is 4. The van der Waals surface area contributed by atoms with E-state index in [-0.39, 0.29) is 6.42 Å². The van der Waals surface area contributed by atoms with Crippen molar-refractivity contribution in [2.75, 3.05) is 20.2 Å². The molecule has 120 valence electrons. The predicted octanol–water partition coefficient (Wildman–Crippen LogP) is 0.456. The Labute approximate surface area is 128 Å². The number of nitrogens with zero attached hydrogens (tertiary/aromatic N) is 1. The maximum Gasteiger partial charge on any atom is 0.399 e. The number of fused-ring (bicyclic) bond motifs is 1. The van der Waals surface area contributed by atoms with Crippen LogP contribution in [0.25, 0.3) is 0 Å². The zero-order valence-corrected chi connectivity index (χ0v) is 12.7. The number of hydrogen-bond donors (Lipinski definition) is 2. The van der Waals surface area contributed by atoms with Crippen LogP contribution >= 0.6 is 0 Å². The third kappa shape index (κ3) is 3.07. The van der Waals surface area contributed by atoms with Gasteiger partial charge in [0.1, 0.15) is 17.7 Å². The van der Waals surface area contributed by atoms with E-state index in [0.717, 1.165) is 11.1 Å². The quantitative estimate of drug-likeness (QED) is 0.773. The summed E-state index contributed by atoms with van der Waals surface area (Å²) in [7, 11) is -3.09. The van der Waals surface area contributed by atoms with Gasteiger partial charge in [0.05, 0.1) is 13.7 Å². The molecule has 8 nitrogen and oxygen atoms in total. The molecule has 0 spiro atoms. The highest BCUT2D eigenvalue weighted by molar-refractivity contribution is 7.80. The molecule has 0 aliphatic carbocycles. The van der Waals surface area contributed by atoms with Gasteiger partial charge in [-0.15, -0.1) is 0 Å². The molecule has 0 fully saturated rings. The van der Waals surface area contributed by atoms with Crippen molar-refractivity contribution in [1.29, 1.82) is 0 Å². The van der Waals surface area contributed by atoms with Crippen LogP contribution in [0.3, 0.4) is 0 Å². The van der Waals surface area contributed by atoms with E-state index in [4.69, 9.17) is 14.0 Å². The van der Waals surface area contributed by atoms with Gasteiger partial charge in [-0.05, 0) is 11.6 Å². The molecule has 3 rings (SSSR count). The molecule has 0 radical (unpaired) electrons. The molecule has 0 amide bonds. The lowest BCUT2D eigenvalue weighted by molar-refractivity contribution is -0.110. The molecular weight excluding hydrogens is 312 g/mol. The maximum atomic E-state index is 11.0. The summed E-state index contributed by atoms with van der Waals surface area (Å²) in [6.45, 7) is 1.32. The number of hydrogen-bond acceptors (Lipinski definition) is 7. The zero-order chi connectivity index (χ0) is 15.7. The van der Waals surface area contributed by atoms with E-state index >= 15 is 0 Å². The van der Waals surface area contributed by atoms with E-state index in [1.807, 2.05) is 12.1 Å². The summed E-state index contributed by atoms with van der Waals surface area (Å²) < 4.78 is 46.4. The summed E-state index contributed by atoms with van der Waals surface area (Å²) in [5.74, 6) is 1.21. The predicted molar refractivity (Wildman–Crippen MR) is 77.3 cm³/mol. The SMILES string of the molecule is COc1cccc2c1CC(OS(=O)(=O)O)OC2C1=NCCN1. The molecule has 0 bridgehead atoms. The highest BCUT2D eigenvalue weighted by Gasteiger charge is 2.36. The summed E-state index contributed by atoms with van der Waals surface area (Å²) in [6.07, 6.45) is -1.59. The van der Waals surface area contributed by atoms with Gasteiger partial charge < -0.3 is 14.8 Å². The standard InChI is InChI=1S/C13H16N2O6S/c1-19-10-4-2-3-8-9(10)7-11(21-22(16,17)18)20-12(8)13-14-5-6-15-13/h2-4,11-12H,5-7H2,1H3,(H,14,15)(H,16,17,18). The molecule has 1 aromatic carbocycles. The molecule has 0 saturated carbocycles. The van der Waals surface area contributed by atoms with E-state index in [2.05, 4.69) is 14.5 Å². The van der Waals surface area contributed by atoms with Crippen LogP contribution in [-0.2, 0) is 25.7 Å². The summed E-state index contributed by atoms with van der Waals surface area (Å²) in [6, 6.07) is 5.47. The van der Waals surface area contributed by atoms with Crippen LogP contribution < -0.4 is 10.1 Å². The number of benzene rings is 1. The van der Waals surface area contributed by atoms with Crippen molar-refractivity contribution < 1.29 is 26.6 Å². The molecule has 2 N–H and O–H groups in total. The molecule has 9 heteroatoms. The number of aliphatic imine (C=N–C) groups is 1. The summed E-state index contributed by atoms with van der Waals surface area (Å²) in [4.78, 5) is 4.32. The van der Waals surface area contributed by atoms with Crippen molar-refractivity contribution >= 4 is 16.2 Å². The molecule has 0 saturated heterocycles. The van der Waals surface area contributed by atoms with E-state index in [9.17, 15) is 8.42 Å². The zero-order valence-electron chi connectivity index (χ0n) is 11.9. The summed E-state index contributed by atoms with van der Waals surface area (Å²) in [5, 5.41) is 3.10. The maximum absolute atomic E-state index is 11.0. The van der Waals surface area contributed by atoms with Crippen molar-refractivity contribution in [2.45, 2.75) is 18.8 Å². The van der Waals surface area contributed by atoms with Gasteiger partial charge in [0, 0.05) is 18.5 Å². The Bertz CT molecular complexity index is 702. The first-order valence-corrected chi connectivity index (χ1v) is 8.09. The molecule has 0 aromatic heterocycles. The molecule has 22 heavy (non-hydrogen) atoms. The Morgan fingerprint density at radius 2 is 2.27 bits per heavy atom. The molecule has 1 aromatic rings. The smallest absolute Gasteiger partial charge is 0.399 e. The van der Waals surface area contributed by atoms with Crippen LogP contribution in [0.1, 0.15) is 17.2 Å². The lowest BCUT2D eigenvalue weighted by Crippen LogP contribution is -2.37. The fraction of sp³-hybridized carbons (Fsp3) is 0.462. The molecule has 2 atom stereocenters. The normalized spacial score (nSPS) is 24.4. The number of amidine groups is 1. The molecule has 2 heterocycles. The minimum atomic E-state index is -4.62. The lowest BCUT2D eigenvalue weighted by atomic mass is 9.95. The first-order chi connectivity index (χ1) is 10.5. The van der Waals surface area contributed by atoms with Crippen LogP contribution in [0.15, 0.2) is 23.2 Å². The average Bonchev–Trinajstić information content (AvgIpc) is 2.98. The fourth-order valence-corrected chi connectivity index (χ4v) is 3.06. The van der Waals surface area contributed by atoms with Gasteiger partial charge in [-0.1, -0.05) is 12.1 Å². The van der Waals surface area contributed by atoms with Crippen molar-refractivity contribution in [1.82, 2.24) is 5.32 Å². The van der Waals surface area contributed by atoms with Gasteiger partial charge in [0.2, 0.25) is 0 Å². The fourth-order valence-electron chi connectivity index (χ4n) is 2.67. The van der Waals surface area contributed by atoms with Gasteiger partial charge >= 0.3 is 10.4 Å². The third-order valence-corrected chi connectivity index (χ3v) is 3.97. The Hall–Kier alpha value is -1.68. The second-order valence-corrected chi connectivity index (χ2v) is 5.94. The van der Waals surface area contributed by atoms with Crippen LogP contribution in [0.2, 0.25) is 0 Å². The number of ether oxygens (including phenoxy) is 2. The van der Waals surface area contributed by atoms with Gasteiger partial charge in [-0.3, -0.25) is 9.55 Å². The Morgan fingerprint density at radius 1 is 1.45 bits per heavy atom. The third-order valence-electron chi connectivity index (χ3n) is 3.51. The van der Waals surface area contributed by atoms with E-state index in [1.165, 1.54) is 7.11 Å². The van der Waals surface area contributed by atoms with Crippen molar-refractivity contribution in [3.8, 4) is 5.75 Å². The molecule has 2 unspecified atom stereocenters. The van der Waals surface area contributed by atoms with Crippen molar-refractivity contribution in [2.24, 2.45) is 4.99 Å². The van der Waals surface area contributed by atoms with Gasteiger partial charge in [-0.2, -0.15) is 8.42 Å². The second kappa shape index (κ2) is 5.84. The number of methoxy groups -OCH3 is 1. The monoisotopic (exact) mass is 328 g/mol. The van der Waals surface area contributed by atoms with Crippen molar-refractivity contribution in [3.63, 3.8) is 0 Å².